The van der Waals surface area contributed by atoms with Crippen molar-refractivity contribution in [3.8, 4) is 0 Å². The van der Waals surface area contributed by atoms with Crippen molar-refractivity contribution in [3.63, 3.8) is 0 Å². The summed E-state index contributed by atoms with van der Waals surface area (Å²) in [5, 5.41) is 0.554. The molecule has 3 aliphatic carbocycles. The lowest BCUT2D eigenvalue weighted by Crippen LogP contribution is -2.60. The van der Waals surface area contributed by atoms with Crippen LogP contribution in [0.4, 0.5) is 11.4 Å². The summed E-state index contributed by atoms with van der Waals surface area (Å²) >= 11 is 12.9. The minimum absolute atomic E-state index is 0.277. The highest BCUT2D eigenvalue weighted by atomic mass is 35.5. The molecular formula is C30H20Cl2N2O4. The summed E-state index contributed by atoms with van der Waals surface area (Å²) in [6, 6.07) is 22.6. The number of benzene rings is 3. The van der Waals surface area contributed by atoms with Crippen LogP contribution in [0.2, 0.25) is 10.0 Å². The van der Waals surface area contributed by atoms with E-state index in [9.17, 15) is 19.2 Å². The second kappa shape index (κ2) is 8.13. The van der Waals surface area contributed by atoms with Gasteiger partial charge in [-0.3, -0.25) is 19.2 Å². The zero-order valence-corrected chi connectivity index (χ0v) is 21.3. The van der Waals surface area contributed by atoms with Gasteiger partial charge in [-0.2, -0.15) is 0 Å². The van der Waals surface area contributed by atoms with Crippen molar-refractivity contribution in [2.45, 2.75) is 5.41 Å². The third kappa shape index (κ3) is 2.79. The average molecular weight is 543 g/mol. The fourth-order valence-electron chi connectivity index (χ4n) is 7.22. The SMILES string of the molecule is O=C1C2C3C=CC(c4ccccc4)(C2C(=O)N1c1ccccc1Cl)C1C(=O)N(c2ccccc2Cl)C(=O)C31. The number of rotatable bonds is 3. The second-order valence-corrected chi connectivity index (χ2v) is 11.0. The van der Waals surface area contributed by atoms with E-state index in [2.05, 4.69) is 0 Å². The van der Waals surface area contributed by atoms with Crippen LogP contribution in [0.5, 0.6) is 0 Å². The van der Waals surface area contributed by atoms with Crippen molar-refractivity contribution < 1.29 is 19.2 Å². The maximum absolute atomic E-state index is 14.2. The van der Waals surface area contributed by atoms with E-state index >= 15 is 0 Å². The summed E-state index contributed by atoms with van der Waals surface area (Å²) in [6.45, 7) is 0. The van der Waals surface area contributed by atoms with Crippen LogP contribution in [-0.2, 0) is 24.6 Å². The maximum Gasteiger partial charge on any atom is 0.239 e. The Labute approximate surface area is 228 Å². The highest BCUT2D eigenvalue weighted by molar-refractivity contribution is 6.37. The molecule has 188 valence electrons. The molecule has 4 unspecified atom stereocenters. The molecule has 0 N–H and O–H groups in total. The molecule has 2 bridgehead atoms. The topological polar surface area (TPSA) is 74.8 Å². The molecular weight excluding hydrogens is 523 g/mol. The van der Waals surface area contributed by atoms with Gasteiger partial charge in [0.1, 0.15) is 0 Å². The van der Waals surface area contributed by atoms with Crippen molar-refractivity contribution in [1.82, 2.24) is 0 Å². The molecule has 0 radical (unpaired) electrons. The summed E-state index contributed by atoms with van der Waals surface area (Å²) in [7, 11) is 0. The lowest BCUT2D eigenvalue weighted by Gasteiger charge is -2.53. The largest absolute Gasteiger partial charge is 0.274 e. The van der Waals surface area contributed by atoms with Crippen LogP contribution in [0.15, 0.2) is 91.0 Å². The number of anilines is 2. The molecule has 5 aliphatic rings. The first kappa shape index (κ1) is 23.4. The van der Waals surface area contributed by atoms with Gasteiger partial charge in [0.15, 0.2) is 0 Å². The first-order valence-corrected chi connectivity index (χ1v) is 13.1. The molecule has 0 aromatic heterocycles. The number of hydrogen-bond acceptors (Lipinski definition) is 4. The smallest absolute Gasteiger partial charge is 0.239 e. The first-order valence-electron chi connectivity index (χ1n) is 12.4. The van der Waals surface area contributed by atoms with E-state index in [0.717, 1.165) is 9.80 Å². The van der Waals surface area contributed by atoms with Gasteiger partial charge in [0.25, 0.3) is 0 Å². The van der Waals surface area contributed by atoms with E-state index in [1.807, 2.05) is 42.5 Å². The first-order chi connectivity index (χ1) is 18.4. The minimum Gasteiger partial charge on any atom is -0.274 e. The summed E-state index contributed by atoms with van der Waals surface area (Å²) in [4.78, 5) is 58.8. The number of hydrogen-bond donors (Lipinski definition) is 0. The zero-order valence-electron chi connectivity index (χ0n) is 19.8. The number of imide groups is 2. The predicted molar refractivity (Wildman–Crippen MR) is 143 cm³/mol. The molecule has 2 saturated heterocycles. The van der Waals surface area contributed by atoms with Crippen LogP contribution in [-0.4, -0.2) is 23.6 Å². The minimum atomic E-state index is -1.20. The Hall–Kier alpha value is -3.74. The third-order valence-electron chi connectivity index (χ3n) is 8.62. The third-order valence-corrected chi connectivity index (χ3v) is 9.25. The molecule has 1 saturated carbocycles. The number of carbonyl (C=O) groups excluding carboxylic acids is 4. The van der Waals surface area contributed by atoms with Gasteiger partial charge in [-0.05, 0) is 29.8 Å². The molecule has 3 aromatic rings. The number of nitrogens with zero attached hydrogens (tertiary/aromatic N) is 2. The lowest BCUT2D eigenvalue weighted by atomic mass is 9.45. The van der Waals surface area contributed by atoms with Crippen LogP contribution in [0.3, 0.4) is 0 Å². The zero-order chi connectivity index (χ0) is 26.3. The highest BCUT2D eigenvalue weighted by Gasteiger charge is 2.75. The van der Waals surface area contributed by atoms with E-state index < -0.39 is 58.6 Å². The second-order valence-electron chi connectivity index (χ2n) is 10.2. The molecule has 4 amide bonds. The Kier molecular flexibility index (Phi) is 5.00. The molecule has 8 rings (SSSR count). The fraction of sp³-hybridized carbons (Fsp3) is 0.200. The number of carbonyl (C=O) groups is 4. The van der Waals surface area contributed by atoms with E-state index in [1.165, 1.54) is 0 Å². The Morgan fingerprint density at radius 1 is 0.579 bits per heavy atom. The predicted octanol–water partition coefficient (Wildman–Crippen LogP) is 5.04. The highest BCUT2D eigenvalue weighted by Crippen LogP contribution is 2.65. The van der Waals surface area contributed by atoms with Crippen LogP contribution in [0.25, 0.3) is 0 Å². The fourth-order valence-corrected chi connectivity index (χ4v) is 7.66. The summed E-state index contributed by atoms with van der Waals surface area (Å²) in [6.07, 6.45) is 3.75. The summed E-state index contributed by atoms with van der Waals surface area (Å²) in [5.41, 5.74) is 0.128. The number of halogens is 2. The van der Waals surface area contributed by atoms with Crippen LogP contribution >= 0.6 is 23.2 Å². The molecule has 3 aromatic carbocycles. The molecule has 2 heterocycles. The van der Waals surface area contributed by atoms with E-state index in [1.54, 1.807) is 48.5 Å². The number of para-hydroxylation sites is 2. The Morgan fingerprint density at radius 2 is 1.03 bits per heavy atom. The monoisotopic (exact) mass is 542 g/mol. The molecule has 38 heavy (non-hydrogen) atoms. The molecule has 2 aliphatic heterocycles. The molecule has 8 heteroatoms. The quantitative estimate of drug-likeness (QED) is 0.343. The maximum atomic E-state index is 14.2. The Bertz CT molecular complexity index is 1500. The van der Waals surface area contributed by atoms with E-state index in [0.29, 0.717) is 16.9 Å². The van der Waals surface area contributed by atoms with E-state index in [-0.39, 0.29) is 10.0 Å². The summed E-state index contributed by atoms with van der Waals surface area (Å²) in [5.74, 6) is -5.62. The van der Waals surface area contributed by atoms with Gasteiger partial charge >= 0.3 is 0 Å². The van der Waals surface area contributed by atoms with Gasteiger partial charge in [-0.1, -0.05) is 90.0 Å². The van der Waals surface area contributed by atoms with Gasteiger partial charge in [0.2, 0.25) is 23.6 Å². The van der Waals surface area contributed by atoms with E-state index in [4.69, 9.17) is 23.2 Å². The average Bonchev–Trinajstić information content (AvgIpc) is 3.37. The Balaban J connectivity index is 1.45. The molecule has 3 fully saturated rings. The van der Waals surface area contributed by atoms with Crippen LogP contribution < -0.4 is 9.80 Å². The van der Waals surface area contributed by atoms with Crippen LogP contribution in [0.1, 0.15) is 5.56 Å². The van der Waals surface area contributed by atoms with Crippen molar-refractivity contribution in [1.29, 1.82) is 0 Å². The number of allylic oxidation sites excluding steroid dienone is 2. The normalized spacial score (nSPS) is 31.3. The van der Waals surface area contributed by atoms with Gasteiger partial charge < -0.3 is 0 Å². The standard InChI is InChI=1S/C30H20Cl2N2O4/c31-18-10-4-6-12-20(18)33-26(35)22-17-14-15-30(24(22)28(33)37,16-8-2-1-3-9-16)25-23(17)27(36)34(29(25)38)21-13-7-5-11-19(21)32/h1-15,17,22-25H. The van der Waals surface area contributed by atoms with Crippen LogP contribution in [0, 0.1) is 29.6 Å². The van der Waals surface area contributed by atoms with Crippen molar-refractivity contribution in [3.05, 3.63) is 107 Å². The van der Waals surface area contributed by atoms with Gasteiger partial charge in [0, 0.05) is 11.3 Å². The number of amides is 4. The van der Waals surface area contributed by atoms with Gasteiger partial charge in [-0.25, -0.2) is 9.80 Å². The van der Waals surface area contributed by atoms with Crippen molar-refractivity contribution in [2.75, 3.05) is 9.80 Å². The van der Waals surface area contributed by atoms with Crippen molar-refractivity contribution >= 4 is 58.2 Å². The van der Waals surface area contributed by atoms with Gasteiger partial charge in [-0.15, -0.1) is 0 Å². The summed E-state index contributed by atoms with van der Waals surface area (Å²) < 4.78 is 0. The Morgan fingerprint density at radius 3 is 1.50 bits per heavy atom. The van der Waals surface area contributed by atoms with Crippen molar-refractivity contribution in [2.24, 2.45) is 29.6 Å². The molecule has 4 atom stereocenters. The lowest BCUT2D eigenvalue weighted by molar-refractivity contribution is -0.140. The molecule has 0 spiro atoms. The van der Waals surface area contributed by atoms with Gasteiger partial charge in [0.05, 0.1) is 45.1 Å². The molecule has 6 nitrogen and oxygen atoms in total.